The summed E-state index contributed by atoms with van der Waals surface area (Å²) in [6, 6.07) is 14.9. The van der Waals surface area contributed by atoms with Gasteiger partial charge in [0.25, 0.3) is 0 Å². The molecule has 3 N–H and O–H groups in total. The molecular formula is C19H15NO3. The van der Waals surface area contributed by atoms with Crippen molar-refractivity contribution in [2.24, 2.45) is 0 Å². The smallest absolute Gasteiger partial charge is 0.196 e. The number of phenols is 1. The Kier molecular flexibility index (Phi) is 2.91. The lowest BCUT2D eigenvalue weighted by Crippen LogP contribution is -1.85. The van der Waals surface area contributed by atoms with Crippen molar-refractivity contribution in [1.82, 2.24) is 4.98 Å². The van der Waals surface area contributed by atoms with Gasteiger partial charge in [-0.2, -0.15) is 0 Å². The Morgan fingerprint density at radius 2 is 1.65 bits per heavy atom. The van der Waals surface area contributed by atoms with E-state index < -0.39 is 0 Å². The second-order valence-electron chi connectivity index (χ2n) is 5.48. The molecule has 0 spiro atoms. The minimum absolute atomic E-state index is 0.143. The molecule has 4 aromatic rings. The lowest BCUT2D eigenvalue weighted by Gasteiger charge is -2.11. The van der Waals surface area contributed by atoms with Gasteiger partial charge in [-0.3, -0.25) is 0 Å². The lowest BCUT2D eigenvalue weighted by atomic mass is 9.94. The van der Waals surface area contributed by atoms with Gasteiger partial charge in [0.15, 0.2) is 5.88 Å². The van der Waals surface area contributed by atoms with Crippen molar-refractivity contribution in [2.45, 2.75) is 0 Å². The molecule has 4 heteroatoms. The summed E-state index contributed by atoms with van der Waals surface area (Å²) in [5, 5.41) is 23.5. The molecule has 0 radical (unpaired) electrons. The molecule has 0 aliphatic carbocycles. The van der Waals surface area contributed by atoms with Crippen LogP contribution in [-0.4, -0.2) is 22.3 Å². The topological polar surface area (TPSA) is 65.5 Å². The molecule has 0 amide bonds. The predicted molar refractivity (Wildman–Crippen MR) is 91.1 cm³/mol. The van der Waals surface area contributed by atoms with Gasteiger partial charge in [-0.15, -0.1) is 0 Å². The second kappa shape index (κ2) is 4.95. The number of hydrogen-bond acceptors (Lipinski definition) is 3. The van der Waals surface area contributed by atoms with Crippen molar-refractivity contribution in [3.8, 4) is 28.5 Å². The van der Waals surface area contributed by atoms with E-state index >= 15 is 0 Å². The number of H-pyrrole nitrogens is 1. The summed E-state index contributed by atoms with van der Waals surface area (Å²) in [6.45, 7) is 0. The summed E-state index contributed by atoms with van der Waals surface area (Å²) in [5.41, 5.74) is 1.96. The summed E-state index contributed by atoms with van der Waals surface area (Å²) < 4.78 is 5.22. The Bertz CT molecular complexity index is 1020. The second-order valence-corrected chi connectivity index (χ2v) is 5.48. The van der Waals surface area contributed by atoms with Crippen LogP contribution in [0.1, 0.15) is 0 Å². The third kappa shape index (κ3) is 2.07. The molecule has 0 fully saturated rings. The SMILES string of the molecule is COc1ccc(-c2c3cc(O)ccc3cc3c(O)[nH]cc23)cc1. The molecule has 1 heterocycles. The predicted octanol–water partition coefficient (Wildman–Crippen LogP) is 4.41. The molecule has 0 aliphatic heterocycles. The van der Waals surface area contributed by atoms with Gasteiger partial charge in [-0.05, 0) is 52.2 Å². The van der Waals surface area contributed by atoms with Gasteiger partial charge in [0, 0.05) is 17.0 Å². The van der Waals surface area contributed by atoms with Gasteiger partial charge in [0.1, 0.15) is 11.5 Å². The number of aromatic hydroxyl groups is 2. The highest BCUT2D eigenvalue weighted by atomic mass is 16.5. The van der Waals surface area contributed by atoms with Crippen molar-refractivity contribution >= 4 is 21.5 Å². The molecule has 1 aromatic heterocycles. The van der Waals surface area contributed by atoms with Gasteiger partial charge >= 0.3 is 0 Å². The Hall–Kier alpha value is -3.14. The maximum Gasteiger partial charge on any atom is 0.196 e. The molecule has 0 atom stereocenters. The van der Waals surface area contributed by atoms with Crippen molar-refractivity contribution in [1.29, 1.82) is 0 Å². The highest BCUT2D eigenvalue weighted by Crippen LogP contribution is 2.40. The zero-order valence-electron chi connectivity index (χ0n) is 12.5. The van der Waals surface area contributed by atoms with Gasteiger partial charge < -0.3 is 19.9 Å². The van der Waals surface area contributed by atoms with Crippen molar-refractivity contribution in [3.63, 3.8) is 0 Å². The number of aromatic nitrogens is 1. The van der Waals surface area contributed by atoms with Crippen LogP contribution in [0.5, 0.6) is 17.4 Å². The molecule has 0 saturated carbocycles. The highest BCUT2D eigenvalue weighted by molar-refractivity contribution is 6.14. The van der Waals surface area contributed by atoms with Crippen LogP contribution < -0.4 is 4.74 Å². The number of ether oxygens (including phenoxy) is 1. The van der Waals surface area contributed by atoms with E-state index in [0.29, 0.717) is 0 Å². The number of phenolic OH excluding ortho intramolecular Hbond substituents is 1. The average Bonchev–Trinajstić information content (AvgIpc) is 2.94. The molecule has 4 nitrogen and oxygen atoms in total. The first kappa shape index (κ1) is 13.5. The van der Waals surface area contributed by atoms with Crippen molar-refractivity contribution in [2.75, 3.05) is 7.11 Å². The van der Waals surface area contributed by atoms with Crippen LogP contribution in [0.2, 0.25) is 0 Å². The van der Waals surface area contributed by atoms with Gasteiger partial charge in [0.2, 0.25) is 0 Å². The summed E-state index contributed by atoms with van der Waals surface area (Å²) in [7, 11) is 1.63. The number of rotatable bonds is 2. The van der Waals surface area contributed by atoms with Crippen LogP contribution in [0.4, 0.5) is 0 Å². The first-order valence-electron chi connectivity index (χ1n) is 7.27. The van der Waals surface area contributed by atoms with E-state index in [1.54, 1.807) is 25.4 Å². The molecule has 0 bridgehead atoms. The van der Waals surface area contributed by atoms with Crippen LogP contribution in [0.3, 0.4) is 0 Å². The minimum atomic E-state index is 0.143. The van der Waals surface area contributed by atoms with Gasteiger partial charge in [0.05, 0.1) is 7.11 Å². The number of nitrogens with one attached hydrogen (secondary N) is 1. The lowest BCUT2D eigenvalue weighted by molar-refractivity contribution is 0.415. The van der Waals surface area contributed by atoms with E-state index in [4.69, 9.17) is 4.74 Å². The summed E-state index contributed by atoms with van der Waals surface area (Å²) in [5.74, 6) is 1.14. The van der Waals surface area contributed by atoms with Crippen LogP contribution in [0.25, 0.3) is 32.7 Å². The van der Waals surface area contributed by atoms with E-state index in [-0.39, 0.29) is 11.6 Å². The van der Waals surface area contributed by atoms with Crippen LogP contribution in [-0.2, 0) is 0 Å². The maximum absolute atomic E-state index is 10.1. The van der Waals surface area contributed by atoms with Gasteiger partial charge in [-0.25, -0.2) is 0 Å². The number of aromatic amines is 1. The summed E-state index contributed by atoms with van der Waals surface area (Å²) >= 11 is 0. The molecule has 4 rings (SSSR count). The molecule has 3 aromatic carbocycles. The standard InChI is InChI=1S/C19H15NO3/c1-23-14-6-3-11(4-7-14)18-15-9-13(21)5-2-12(15)8-16-17(18)10-20-19(16)22/h2-10,20-22H,1H3. The maximum atomic E-state index is 10.1. The summed E-state index contributed by atoms with van der Waals surface area (Å²) in [6.07, 6.45) is 1.79. The molecular weight excluding hydrogens is 290 g/mol. The first-order valence-corrected chi connectivity index (χ1v) is 7.27. The quantitative estimate of drug-likeness (QED) is 0.514. The zero-order chi connectivity index (χ0) is 16.0. The third-order valence-electron chi connectivity index (χ3n) is 4.15. The van der Waals surface area contributed by atoms with E-state index in [9.17, 15) is 10.2 Å². The zero-order valence-corrected chi connectivity index (χ0v) is 12.5. The van der Waals surface area contributed by atoms with E-state index in [1.165, 1.54) is 0 Å². The minimum Gasteiger partial charge on any atom is -0.508 e. The fraction of sp³-hybridized carbons (Fsp3) is 0.0526. The van der Waals surface area contributed by atoms with Crippen LogP contribution in [0.15, 0.2) is 54.7 Å². The highest BCUT2D eigenvalue weighted by Gasteiger charge is 2.14. The normalized spacial score (nSPS) is 11.2. The van der Waals surface area contributed by atoms with E-state index in [0.717, 1.165) is 38.4 Å². The number of benzene rings is 3. The Labute approximate surface area is 132 Å². The van der Waals surface area contributed by atoms with Crippen molar-refractivity contribution < 1.29 is 14.9 Å². The largest absolute Gasteiger partial charge is 0.508 e. The third-order valence-corrected chi connectivity index (χ3v) is 4.15. The molecule has 0 aliphatic rings. The van der Waals surface area contributed by atoms with E-state index in [2.05, 4.69) is 4.98 Å². The Balaban J connectivity index is 2.12. The number of fused-ring (bicyclic) bond motifs is 2. The fourth-order valence-electron chi connectivity index (χ4n) is 3.03. The number of hydrogen-bond donors (Lipinski definition) is 3. The van der Waals surface area contributed by atoms with E-state index in [1.807, 2.05) is 36.4 Å². The Morgan fingerprint density at radius 1 is 0.870 bits per heavy atom. The molecule has 114 valence electrons. The monoisotopic (exact) mass is 305 g/mol. The summed E-state index contributed by atoms with van der Waals surface area (Å²) in [4.78, 5) is 2.87. The van der Waals surface area contributed by atoms with Crippen LogP contribution >= 0.6 is 0 Å². The Morgan fingerprint density at radius 3 is 2.39 bits per heavy atom. The molecule has 0 unspecified atom stereocenters. The fourth-order valence-corrected chi connectivity index (χ4v) is 3.03. The average molecular weight is 305 g/mol. The number of methoxy groups -OCH3 is 1. The van der Waals surface area contributed by atoms with Crippen LogP contribution in [0, 0.1) is 0 Å². The molecule has 23 heavy (non-hydrogen) atoms. The first-order chi connectivity index (χ1) is 11.2. The van der Waals surface area contributed by atoms with Crippen molar-refractivity contribution in [3.05, 3.63) is 54.7 Å². The van der Waals surface area contributed by atoms with Gasteiger partial charge in [-0.1, -0.05) is 18.2 Å². The molecule has 0 saturated heterocycles.